The van der Waals surface area contributed by atoms with Gasteiger partial charge in [-0.25, -0.2) is 0 Å². The number of aliphatic hydroxyl groups is 1. The van der Waals surface area contributed by atoms with Gasteiger partial charge < -0.3 is 15.1 Å². The van der Waals surface area contributed by atoms with Crippen molar-refractivity contribution in [1.29, 1.82) is 0 Å². The van der Waals surface area contributed by atoms with Crippen molar-refractivity contribution in [3.63, 3.8) is 0 Å². The number of carboxylic acids is 1. The zero-order chi connectivity index (χ0) is 12.2. The summed E-state index contributed by atoms with van der Waals surface area (Å²) in [6.07, 6.45) is 2.27. The van der Waals surface area contributed by atoms with Gasteiger partial charge in [-0.1, -0.05) is 13.3 Å². The Morgan fingerprint density at radius 3 is 2.44 bits per heavy atom. The van der Waals surface area contributed by atoms with E-state index in [0.29, 0.717) is 25.9 Å². The molecular weight excluding hydrogens is 210 g/mol. The van der Waals surface area contributed by atoms with Crippen molar-refractivity contribution in [3.05, 3.63) is 0 Å². The molecule has 1 amide bonds. The number of hydrogen-bond acceptors (Lipinski definition) is 3. The first-order valence-electron chi connectivity index (χ1n) is 5.69. The van der Waals surface area contributed by atoms with Gasteiger partial charge in [0.2, 0.25) is 5.91 Å². The molecule has 0 aromatic rings. The summed E-state index contributed by atoms with van der Waals surface area (Å²) in [5.74, 6) is -0.930. The predicted octanol–water partition coefficient (Wildman–Crippen LogP) is 0.615. The van der Waals surface area contributed by atoms with E-state index in [9.17, 15) is 14.7 Å². The second kappa shape index (κ2) is 5.30. The third-order valence-electron chi connectivity index (χ3n) is 2.82. The fourth-order valence-electron chi connectivity index (χ4n) is 2.01. The number of amides is 1. The number of carboxylic acid groups (broad SMARTS) is 1. The second-order valence-electron chi connectivity index (χ2n) is 4.47. The van der Waals surface area contributed by atoms with Gasteiger partial charge in [0.05, 0.1) is 18.7 Å². The summed E-state index contributed by atoms with van der Waals surface area (Å²) in [7, 11) is 0. The topological polar surface area (TPSA) is 77.8 Å². The maximum atomic E-state index is 11.5. The van der Waals surface area contributed by atoms with E-state index in [1.165, 1.54) is 0 Å². The highest BCUT2D eigenvalue weighted by atomic mass is 16.4. The molecule has 92 valence electrons. The summed E-state index contributed by atoms with van der Waals surface area (Å²) in [5, 5.41) is 18.3. The van der Waals surface area contributed by atoms with Crippen LogP contribution >= 0.6 is 0 Å². The highest BCUT2D eigenvalue weighted by Gasteiger charge is 2.42. The normalized spacial score (nSPS) is 18.0. The molecule has 0 aliphatic carbocycles. The quantitative estimate of drug-likeness (QED) is 0.699. The van der Waals surface area contributed by atoms with Crippen molar-refractivity contribution in [1.82, 2.24) is 4.90 Å². The molecule has 1 saturated heterocycles. The summed E-state index contributed by atoms with van der Waals surface area (Å²) in [4.78, 5) is 23.4. The molecule has 1 heterocycles. The van der Waals surface area contributed by atoms with Crippen LogP contribution in [-0.4, -0.2) is 45.7 Å². The number of rotatable bonds is 6. The zero-order valence-corrected chi connectivity index (χ0v) is 9.61. The first-order chi connectivity index (χ1) is 7.47. The first kappa shape index (κ1) is 13.0. The molecule has 1 fully saturated rings. The number of nitrogens with zero attached hydrogens (tertiary/aromatic N) is 1. The van der Waals surface area contributed by atoms with Gasteiger partial charge in [0, 0.05) is 12.8 Å². The third kappa shape index (κ3) is 3.48. The van der Waals surface area contributed by atoms with E-state index in [-0.39, 0.29) is 18.7 Å². The summed E-state index contributed by atoms with van der Waals surface area (Å²) in [5.41, 5.74) is -0.697. The number of carbonyl (C=O) groups is 2. The summed E-state index contributed by atoms with van der Waals surface area (Å²) in [6.45, 7) is 2.79. The molecule has 0 saturated carbocycles. The number of β-amino-alcohol motifs (C(OH)–C–C–N with tert-alkyl or cyclic N) is 1. The third-order valence-corrected chi connectivity index (χ3v) is 2.82. The highest BCUT2D eigenvalue weighted by molar-refractivity contribution is 5.78. The molecule has 0 aromatic carbocycles. The Morgan fingerprint density at radius 2 is 1.94 bits per heavy atom. The van der Waals surface area contributed by atoms with Gasteiger partial charge in [-0.3, -0.25) is 9.59 Å². The van der Waals surface area contributed by atoms with Crippen molar-refractivity contribution in [3.8, 4) is 0 Å². The SMILES string of the molecule is CCCC1(O)CN(C(=O)CCCC(=O)O)C1. The molecule has 0 aromatic heterocycles. The molecule has 1 aliphatic rings. The van der Waals surface area contributed by atoms with E-state index < -0.39 is 11.6 Å². The Bertz CT molecular complexity index is 271. The summed E-state index contributed by atoms with van der Waals surface area (Å²) in [6, 6.07) is 0. The molecule has 0 atom stereocenters. The van der Waals surface area contributed by atoms with Gasteiger partial charge in [0.1, 0.15) is 0 Å². The first-order valence-corrected chi connectivity index (χ1v) is 5.69. The van der Waals surface area contributed by atoms with Crippen LogP contribution in [0.2, 0.25) is 0 Å². The molecule has 0 bridgehead atoms. The van der Waals surface area contributed by atoms with Gasteiger partial charge in [0.15, 0.2) is 0 Å². The molecule has 5 nitrogen and oxygen atoms in total. The minimum Gasteiger partial charge on any atom is -0.481 e. The van der Waals surface area contributed by atoms with Crippen LogP contribution in [0.4, 0.5) is 0 Å². The van der Waals surface area contributed by atoms with E-state index in [1.807, 2.05) is 6.92 Å². The van der Waals surface area contributed by atoms with Gasteiger partial charge in [0.25, 0.3) is 0 Å². The maximum absolute atomic E-state index is 11.5. The van der Waals surface area contributed by atoms with Crippen molar-refractivity contribution in [2.24, 2.45) is 0 Å². The molecule has 16 heavy (non-hydrogen) atoms. The average Bonchev–Trinajstić information content (AvgIpc) is 2.13. The lowest BCUT2D eigenvalue weighted by Crippen LogP contribution is -2.63. The van der Waals surface area contributed by atoms with Gasteiger partial charge in [-0.15, -0.1) is 0 Å². The standard InChI is InChI=1S/C11H19NO4/c1-2-6-11(16)7-12(8-11)9(13)4-3-5-10(14)15/h16H,2-8H2,1H3,(H,14,15). The Balaban J connectivity index is 2.19. The highest BCUT2D eigenvalue weighted by Crippen LogP contribution is 2.26. The Kier molecular flexibility index (Phi) is 4.29. The Hall–Kier alpha value is -1.10. The summed E-state index contributed by atoms with van der Waals surface area (Å²) < 4.78 is 0. The molecule has 0 spiro atoms. The van der Waals surface area contributed by atoms with Gasteiger partial charge >= 0.3 is 5.97 Å². The van der Waals surface area contributed by atoms with E-state index in [1.54, 1.807) is 4.90 Å². The van der Waals surface area contributed by atoms with E-state index >= 15 is 0 Å². The number of aliphatic carboxylic acids is 1. The molecule has 1 rings (SSSR count). The smallest absolute Gasteiger partial charge is 0.303 e. The zero-order valence-electron chi connectivity index (χ0n) is 9.61. The maximum Gasteiger partial charge on any atom is 0.303 e. The van der Waals surface area contributed by atoms with Gasteiger partial charge in [-0.2, -0.15) is 0 Å². The van der Waals surface area contributed by atoms with Gasteiger partial charge in [-0.05, 0) is 12.8 Å². The van der Waals surface area contributed by atoms with Crippen LogP contribution in [0.15, 0.2) is 0 Å². The number of carbonyl (C=O) groups excluding carboxylic acids is 1. The molecule has 1 aliphatic heterocycles. The van der Waals surface area contributed by atoms with Crippen molar-refractivity contribution >= 4 is 11.9 Å². The minimum absolute atomic E-state index is 0.0266. The second-order valence-corrected chi connectivity index (χ2v) is 4.47. The van der Waals surface area contributed by atoms with Crippen molar-refractivity contribution in [2.75, 3.05) is 13.1 Å². The minimum atomic E-state index is -0.876. The molecule has 2 N–H and O–H groups in total. The van der Waals surface area contributed by atoms with Crippen LogP contribution < -0.4 is 0 Å². The lowest BCUT2D eigenvalue weighted by atomic mass is 9.89. The van der Waals surface area contributed by atoms with Crippen LogP contribution in [0.3, 0.4) is 0 Å². The molecule has 5 heteroatoms. The van der Waals surface area contributed by atoms with Crippen LogP contribution in [0.1, 0.15) is 39.0 Å². The molecule has 0 radical (unpaired) electrons. The largest absolute Gasteiger partial charge is 0.481 e. The number of likely N-dealkylation sites (tertiary alicyclic amines) is 1. The van der Waals surface area contributed by atoms with Crippen LogP contribution in [0.5, 0.6) is 0 Å². The van der Waals surface area contributed by atoms with E-state index in [4.69, 9.17) is 5.11 Å². The fourth-order valence-corrected chi connectivity index (χ4v) is 2.01. The molecular formula is C11H19NO4. The van der Waals surface area contributed by atoms with Crippen molar-refractivity contribution in [2.45, 2.75) is 44.6 Å². The van der Waals surface area contributed by atoms with Crippen LogP contribution in [0.25, 0.3) is 0 Å². The fraction of sp³-hybridized carbons (Fsp3) is 0.818. The molecule has 0 unspecified atom stereocenters. The van der Waals surface area contributed by atoms with E-state index in [2.05, 4.69) is 0 Å². The summed E-state index contributed by atoms with van der Waals surface area (Å²) >= 11 is 0. The van der Waals surface area contributed by atoms with E-state index in [0.717, 1.165) is 6.42 Å². The monoisotopic (exact) mass is 229 g/mol. The average molecular weight is 229 g/mol. The van der Waals surface area contributed by atoms with Crippen LogP contribution in [-0.2, 0) is 9.59 Å². The van der Waals surface area contributed by atoms with Crippen LogP contribution in [0, 0.1) is 0 Å². The number of hydrogen-bond donors (Lipinski definition) is 2. The Morgan fingerprint density at radius 1 is 1.31 bits per heavy atom. The van der Waals surface area contributed by atoms with Crippen molar-refractivity contribution < 1.29 is 19.8 Å². The predicted molar refractivity (Wildman–Crippen MR) is 57.9 cm³/mol. The Labute approximate surface area is 95.1 Å². The lowest BCUT2D eigenvalue weighted by molar-refractivity contribution is -0.156. The lowest BCUT2D eigenvalue weighted by Gasteiger charge is -2.46.